The number of phenolic OH excluding ortho intramolecular Hbond substituents is 3. The van der Waals surface area contributed by atoms with Crippen LogP contribution < -0.4 is 48.3 Å². The van der Waals surface area contributed by atoms with Crippen molar-refractivity contribution in [3.63, 3.8) is 0 Å². The number of aromatic carboxylic acids is 1. The number of carboxylic acid groups (broad SMARTS) is 2. The zero-order valence-corrected chi connectivity index (χ0v) is 70.1. The summed E-state index contributed by atoms with van der Waals surface area (Å²) in [6.45, 7) is 11.0. The van der Waals surface area contributed by atoms with Gasteiger partial charge < -0.3 is 98.6 Å². The first kappa shape index (κ1) is 95.7. The predicted molar refractivity (Wildman–Crippen MR) is 397 cm³/mol. The van der Waals surface area contributed by atoms with Crippen LogP contribution in [0.3, 0.4) is 0 Å². The summed E-state index contributed by atoms with van der Waals surface area (Å²) in [5.41, 5.74) is 12.2. The maximum absolute atomic E-state index is 12.7. The summed E-state index contributed by atoms with van der Waals surface area (Å²) >= 11 is 0. The second-order valence-electron chi connectivity index (χ2n) is 25.2. The first-order valence-corrected chi connectivity index (χ1v) is 34.3. The standard InChI is InChI=1S/C26H31N4O6.C24H27N4O6.C15H20NO3.C11H13N3O4.3Y/c1-3-36-24(34)11-18(17-6-4-5-16(2)7-17)9-22(32)13-27-25(35)19-8-20(12-21(31)10-19)30-26-28-14-23(33)15-29-26;1-14-3-2-4-15(5-14)16(9-22(32)33)7-20(30)11-25-23(34)17-6-18(10-19(29)8-17)28-24-26-12-21(31)13-27-24;1-3-19-15(18)9-13(8-14(17)10-16)12-6-4-5-11(2)7-12;15-8-2-6(10(17)18)1-7(3-8)14-11-12-4-9(16)5-13-11;;;/h5-8,10,12,18,23,31,33H,3,9,11,13-15H2,1-2H3,(H,27,35)(H2,28,29,30);3-6,8,10,16,21,29,31H,7,9,11-13H2,1H3,(H,25,34)(H,32,33)(H2,26,27,28);5-7,13H,3,8-10,16H2,1-2H3;1-3,9,15-16H,4-5H2,(H,17,18)(H2,12,13,14);;;/q3*-1;;;;. The minimum absolute atomic E-state index is 0. The van der Waals surface area contributed by atoms with Crippen molar-refractivity contribution < 1.29 is 192 Å². The number of benzene rings is 6. The van der Waals surface area contributed by atoms with Crippen LogP contribution in [0.1, 0.15) is 135 Å². The van der Waals surface area contributed by atoms with Crippen LogP contribution in [-0.2, 0) is 136 Å². The van der Waals surface area contributed by atoms with Gasteiger partial charge in [-0.1, -0.05) is 20.8 Å². The topological polar surface area (TPSA) is 493 Å². The van der Waals surface area contributed by atoms with Gasteiger partial charge in [0, 0.05) is 203 Å². The molecule has 110 heavy (non-hydrogen) atoms. The number of nitrogens with two attached hydrogens (primary N) is 1. The van der Waals surface area contributed by atoms with Crippen LogP contribution in [0.4, 0.5) is 17.1 Å². The van der Waals surface area contributed by atoms with Crippen LogP contribution in [0, 0.1) is 39.0 Å². The second-order valence-corrected chi connectivity index (χ2v) is 25.2. The van der Waals surface area contributed by atoms with Gasteiger partial charge in [0.05, 0.1) is 76.4 Å². The summed E-state index contributed by atoms with van der Waals surface area (Å²) in [7, 11) is 0. The number of aliphatic hydroxyl groups is 3. The number of hydrogen-bond acceptors (Lipinski definition) is 27. The van der Waals surface area contributed by atoms with Crippen molar-refractivity contribution >= 4 is 88.0 Å². The molecule has 0 aromatic heterocycles. The number of amides is 2. The normalized spacial score (nSPS) is 15.2. The Morgan fingerprint density at radius 3 is 1.07 bits per heavy atom. The van der Waals surface area contributed by atoms with Crippen LogP contribution >= 0.6 is 0 Å². The molecule has 0 bridgehead atoms. The number of β-amino-alcohol motifs (C(OH)–C–C–N with tert-alkyl or cyclic N) is 3. The number of ether oxygens (including phenoxy) is 2. The number of aliphatic carboxylic acids is 1. The number of aliphatic hydroxyl groups excluding tert-OH is 3. The maximum atomic E-state index is 12.7. The number of nitrogens with one attached hydrogen (secondary N) is 8. The van der Waals surface area contributed by atoms with Gasteiger partial charge in [-0.05, 0) is 68.0 Å². The van der Waals surface area contributed by atoms with Gasteiger partial charge in [0.15, 0.2) is 29.4 Å². The molecular formula is C76H91N12O19Y3-3. The number of aliphatic imine (C=N–C) groups is 3. The minimum Gasteiger partial charge on any atom is -0.508 e. The van der Waals surface area contributed by atoms with E-state index in [-0.39, 0.29) is 246 Å². The van der Waals surface area contributed by atoms with Gasteiger partial charge in [0.2, 0.25) is 0 Å². The first-order chi connectivity index (χ1) is 51.0. The Hall–Kier alpha value is -8.49. The van der Waals surface area contributed by atoms with E-state index in [1.165, 1.54) is 48.5 Å². The average Bonchev–Trinajstić information content (AvgIpc) is 0.860. The van der Waals surface area contributed by atoms with E-state index >= 15 is 0 Å². The largest absolute Gasteiger partial charge is 0.508 e. The molecule has 0 saturated heterocycles. The fourth-order valence-electron chi connectivity index (χ4n) is 10.8. The fraction of sp³-hybridized carbons (Fsp3) is 0.368. The Balaban J connectivity index is 0.000000393. The molecular weight excluding hydrogens is 1650 g/mol. The van der Waals surface area contributed by atoms with E-state index in [2.05, 4.69) is 75.7 Å². The molecule has 0 spiro atoms. The Morgan fingerprint density at radius 2 is 0.782 bits per heavy atom. The number of phenols is 3. The fourth-order valence-corrected chi connectivity index (χ4v) is 10.8. The molecule has 6 aromatic rings. The molecule has 34 heteroatoms. The van der Waals surface area contributed by atoms with Crippen molar-refractivity contribution in [3.05, 3.63) is 177 Å². The van der Waals surface area contributed by atoms with Crippen molar-refractivity contribution in [3.8, 4) is 17.2 Å². The summed E-state index contributed by atoms with van der Waals surface area (Å²) in [5, 5.41) is 98.3. The van der Waals surface area contributed by atoms with Crippen molar-refractivity contribution in [1.82, 2.24) is 26.6 Å². The number of carbonyl (C=O) groups excluding carboxylic acids is 7. The molecule has 3 heterocycles. The SMILES string of the molecule is CCOC(=O)CC(CC(=O)CN)c1c[c-]cc(C)c1.CCOC(=O)CC(CC(=O)CNC(=O)c1cc(O)cc(NC2=NCC(O)CN2)c1)c1c[c-]cc(C)c1.Cc1c[c-]cc(C(CC(=O)O)CC(=O)CNC(=O)c2cc(O)cc(NC3=NCC(O)CN3)c2)c1.O=C(O)c1cc(O)cc(NC2=NCC(O)CN2)c1.[Y].[Y].[Y]. The van der Waals surface area contributed by atoms with E-state index in [4.69, 9.17) is 20.3 Å². The Morgan fingerprint density at radius 1 is 0.464 bits per heavy atom. The molecule has 6 atom stereocenters. The van der Waals surface area contributed by atoms with Gasteiger partial charge in [-0.25, -0.2) is 4.79 Å². The molecule has 6 aromatic carbocycles. The molecule has 9 rings (SSSR count). The monoisotopic (exact) mass is 1740 g/mol. The smallest absolute Gasteiger partial charge is 0.335 e. The molecule has 0 aliphatic carbocycles. The number of Topliss-reactive ketones (excluding diaryl/α,β-unsaturated/α-hetero) is 3. The van der Waals surface area contributed by atoms with Crippen LogP contribution in [0.2, 0.25) is 0 Å². The number of carbonyl (C=O) groups is 9. The number of anilines is 3. The molecule has 3 aliphatic rings. The van der Waals surface area contributed by atoms with E-state index in [0.29, 0.717) is 66.7 Å². The predicted octanol–water partition coefficient (Wildman–Crippen LogP) is 4.40. The minimum atomic E-state index is -1.12. The van der Waals surface area contributed by atoms with Crippen LogP contribution in [0.5, 0.6) is 17.2 Å². The third kappa shape index (κ3) is 35.3. The van der Waals surface area contributed by atoms with Gasteiger partial charge in [-0.2, -0.15) is 106 Å². The third-order valence-corrected chi connectivity index (χ3v) is 15.9. The van der Waals surface area contributed by atoms with Crippen molar-refractivity contribution in [2.45, 2.75) is 109 Å². The molecule has 3 radical (unpaired) electrons. The number of nitrogens with zero attached hydrogens (tertiary/aromatic N) is 3. The van der Waals surface area contributed by atoms with Gasteiger partial charge in [0.25, 0.3) is 11.8 Å². The number of guanidine groups is 3. The maximum Gasteiger partial charge on any atom is 0.335 e. The molecule has 6 unspecified atom stereocenters. The average molecular weight is 1740 g/mol. The van der Waals surface area contributed by atoms with E-state index in [1.807, 2.05) is 51.1 Å². The summed E-state index contributed by atoms with van der Waals surface area (Å²) in [6.07, 6.45) is -1.39. The molecule has 31 nitrogen and oxygen atoms in total. The molecule has 581 valence electrons. The summed E-state index contributed by atoms with van der Waals surface area (Å²) in [4.78, 5) is 120. The van der Waals surface area contributed by atoms with Gasteiger partial charge >= 0.3 is 23.9 Å². The summed E-state index contributed by atoms with van der Waals surface area (Å²) in [5.74, 6) is -4.89. The molecule has 3 aliphatic heterocycles. The Kier molecular flexibility index (Phi) is 43.2. The first-order valence-electron chi connectivity index (χ1n) is 34.3. The third-order valence-electron chi connectivity index (χ3n) is 15.9. The van der Waals surface area contributed by atoms with Crippen molar-refractivity contribution in [2.24, 2.45) is 20.7 Å². The van der Waals surface area contributed by atoms with Crippen LogP contribution in [0.25, 0.3) is 0 Å². The Bertz CT molecular complexity index is 4210. The van der Waals surface area contributed by atoms with E-state index in [9.17, 15) is 78.9 Å². The number of ketones is 3. The quantitative estimate of drug-likeness (QED) is 0.0239. The summed E-state index contributed by atoms with van der Waals surface area (Å²) < 4.78 is 10.0. The van der Waals surface area contributed by atoms with E-state index < -0.39 is 59.9 Å². The number of rotatable bonds is 28. The van der Waals surface area contributed by atoms with Gasteiger partial charge in [-0.15, -0.1) is 0 Å². The zero-order valence-electron chi connectivity index (χ0n) is 61.6. The van der Waals surface area contributed by atoms with E-state index in [1.54, 1.807) is 38.1 Å². The van der Waals surface area contributed by atoms with Crippen molar-refractivity contribution in [2.75, 3.05) is 88.1 Å². The van der Waals surface area contributed by atoms with Gasteiger partial charge in [0.1, 0.15) is 23.0 Å². The molecule has 18 N–H and O–H groups in total. The van der Waals surface area contributed by atoms with Crippen LogP contribution in [0.15, 0.2) is 124 Å². The molecule has 0 fully saturated rings. The number of carboxylic acids is 2. The molecule has 2 amide bonds. The number of aryl methyl sites for hydroxylation is 3. The second kappa shape index (κ2) is 49.7. The number of hydrogen-bond donors (Lipinski definition) is 17. The summed E-state index contributed by atoms with van der Waals surface area (Å²) in [6, 6.07) is 37.6. The van der Waals surface area contributed by atoms with Gasteiger partial charge in [-0.3, -0.25) is 53.3 Å². The van der Waals surface area contributed by atoms with E-state index in [0.717, 1.165) is 33.9 Å². The molecule has 0 saturated carbocycles. The number of aromatic hydroxyl groups is 3. The Labute approximate surface area is 712 Å². The van der Waals surface area contributed by atoms with Crippen molar-refractivity contribution in [1.29, 1.82) is 0 Å². The number of esters is 2. The zero-order chi connectivity index (χ0) is 78.1. The van der Waals surface area contributed by atoms with Crippen LogP contribution in [-0.4, -0.2) is 202 Å².